The van der Waals surface area contributed by atoms with E-state index in [-0.39, 0.29) is 18.5 Å². The van der Waals surface area contributed by atoms with Gasteiger partial charge in [-0.3, -0.25) is 4.79 Å². The van der Waals surface area contributed by atoms with E-state index in [1.807, 2.05) is 37.8 Å². The van der Waals surface area contributed by atoms with Crippen molar-refractivity contribution in [2.45, 2.75) is 33.2 Å². The molecular formula is C14H23N3O2. The first kappa shape index (κ1) is 15.1. The predicted octanol–water partition coefficient (Wildman–Crippen LogP) is 1.76. The fourth-order valence-corrected chi connectivity index (χ4v) is 1.81. The molecule has 1 amide bonds. The smallest absolute Gasteiger partial charge is 0.236 e. The third-order valence-electron chi connectivity index (χ3n) is 2.67. The van der Waals surface area contributed by atoms with Gasteiger partial charge in [-0.25, -0.2) is 0 Å². The second-order valence-corrected chi connectivity index (χ2v) is 4.80. The van der Waals surface area contributed by atoms with E-state index in [1.165, 1.54) is 0 Å². The highest BCUT2D eigenvalue weighted by molar-refractivity contribution is 5.80. The van der Waals surface area contributed by atoms with Gasteiger partial charge in [0, 0.05) is 29.5 Å². The lowest BCUT2D eigenvalue weighted by atomic mass is 10.2. The van der Waals surface area contributed by atoms with E-state index >= 15 is 0 Å². The van der Waals surface area contributed by atoms with Crippen LogP contribution in [0.4, 0.5) is 11.4 Å². The first-order valence-corrected chi connectivity index (χ1v) is 6.52. The highest BCUT2D eigenvalue weighted by Gasteiger charge is 2.14. The minimum absolute atomic E-state index is 0.147. The fraction of sp³-hybridized carbons (Fsp3) is 0.500. The number of nitrogens with zero attached hydrogens (tertiary/aromatic N) is 1. The number of carbonyl (C=O) groups is 1. The summed E-state index contributed by atoms with van der Waals surface area (Å²) in [4.78, 5) is 13.0. The molecule has 5 nitrogen and oxygen atoms in total. The summed E-state index contributed by atoms with van der Waals surface area (Å²) in [5.41, 5.74) is 12.6. The summed E-state index contributed by atoms with van der Waals surface area (Å²) in [6, 6.07) is 5.63. The lowest BCUT2D eigenvalue weighted by Crippen LogP contribution is -2.38. The zero-order chi connectivity index (χ0) is 14.4. The first-order chi connectivity index (χ1) is 8.93. The highest BCUT2D eigenvalue weighted by atomic mass is 16.5. The maximum Gasteiger partial charge on any atom is 0.236 e. The van der Waals surface area contributed by atoms with Crippen LogP contribution in [0.15, 0.2) is 18.2 Å². The minimum Gasteiger partial charge on any atom is -0.493 e. The summed E-state index contributed by atoms with van der Waals surface area (Å²) < 4.78 is 5.59. The number of hydrogen-bond acceptors (Lipinski definition) is 4. The molecule has 0 bridgehead atoms. The monoisotopic (exact) mass is 265 g/mol. The lowest BCUT2D eigenvalue weighted by Gasteiger charge is -2.28. The zero-order valence-corrected chi connectivity index (χ0v) is 11.8. The number of benzene rings is 1. The van der Waals surface area contributed by atoms with Crippen molar-refractivity contribution >= 4 is 17.3 Å². The lowest BCUT2D eigenvalue weighted by molar-refractivity contribution is -0.116. The molecule has 1 aromatic rings. The standard InChI is InChI=1S/C14H23N3O2/c1-4-5-19-13-7-11(15)6-12(8-13)17(10(2)3)9-14(16)18/h6-8,10H,4-5,9,15H2,1-3H3,(H2,16,18). The van der Waals surface area contributed by atoms with Crippen molar-refractivity contribution in [1.29, 1.82) is 0 Å². The van der Waals surface area contributed by atoms with E-state index < -0.39 is 0 Å². The Hall–Kier alpha value is -1.91. The number of hydrogen-bond donors (Lipinski definition) is 2. The second kappa shape index (κ2) is 6.87. The second-order valence-electron chi connectivity index (χ2n) is 4.80. The molecule has 4 N–H and O–H groups in total. The van der Waals surface area contributed by atoms with Crippen LogP contribution in [-0.4, -0.2) is 25.1 Å². The Morgan fingerprint density at radius 2 is 2.05 bits per heavy atom. The molecule has 0 aliphatic rings. The van der Waals surface area contributed by atoms with Gasteiger partial charge in [-0.2, -0.15) is 0 Å². The van der Waals surface area contributed by atoms with Crippen LogP contribution in [0.3, 0.4) is 0 Å². The summed E-state index contributed by atoms with van der Waals surface area (Å²) in [5.74, 6) is 0.346. The summed E-state index contributed by atoms with van der Waals surface area (Å²) in [6.07, 6.45) is 0.930. The zero-order valence-electron chi connectivity index (χ0n) is 11.8. The van der Waals surface area contributed by atoms with Crippen LogP contribution in [0.5, 0.6) is 5.75 Å². The average molecular weight is 265 g/mol. The number of nitrogen functional groups attached to an aromatic ring is 1. The minimum atomic E-state index is -0.368. The van der Waals surface area contributed by atoms with Gasteiger partial charge in [-0.15, -0.1) is 0 Å². The van der Waals surface area contributed by atoms with Crippen molar-refractivity contribution in [3.05, 3.63) is 18.2 Å². The van der Waals surface area contributed by atoms with E-state index in [1.54, 1.807) is 6.07 Å². The molecular weight excluding hydrogens is 242 g/mol. The maximum atomic E-state index is 11.1. The van der Waals surface area contributed by atoms with Crippen LogP contribution in [-0.2, 0) is 4.79 Å². The number of carbonyl (C=O) groups excluding carboxylic acids is 1. The summed E-state index contributed by atoms with van der Waals surface area (Å²) in [5, 5.41) is 0. The number of ether oxygens (including phenoxy) is 1. The molecule has 1 aromatic carbocycles. The molecule has 0 heterocycles. The van der Waals surface area contributed by atoms with Gasteiger partial charge in [-0.1, -0.05) is 6.92 Å². The molecule has 0 saturated carbocycles. The van der Waals surface area contributed by atoms with Gasteiger partial charge in [0.25, 0.3) is 0 Å². The van der Waals surface area contributed by atoms with Gasteiger partial charge in [0.2, 0.25) is 5.91 Å². The van der Waals surface area contributed by atoms with Gasteiger partial charge in [0.1, 0.15) is 5.75 Å². The molecule has 0 aromatic heterocycles. The van der Waals surface area contributed by atoms with E-state index in [2.05, 4.69) is 0 Å². The van der Waals surface area contributed by atoms with E-state index in [0.29, 0.717) is 18.0 Å². The number of amides is 1. The molecule has 0 fully saturated rings. The van der Waals surface area contributed by atoms with Crippen molar-refractivity contribution in [3.63, 3.8) is 0 Å². The van der Waals surface area contributed by atoms with Crippen molar-refractivity contribution < 1.29 is 9.53 Å². The molecule has 0 radical (unpaired) electrons. The Kier molecular flexibility index (Phi) is 5.48. The first-order valence-electron chi connectivity index (χ1n) is 6.52. The van der Waals surface area contributed by atoms with Crippen molar-refractivity contribution in [2.75, 3.05) is 23.8 Å². The van der Waals surface area contributed by atoms with Crippen molar-refractivity contribution in [2.24, 2.45) is 5.73 Å². The van der Waals surface area contributed by atoms with Gasteiger partial charge in [0.05, 0.1) is 13.2 Å². The predicted molar refractivity (Wildman–Crippen MR) is 78.3 cm³/mol. The quantitative estimate of drug-likeness (QED) is 0.736. The summed E-state index contributed by atoms with van der Waals surface area (Å²) in [7, 11) is 0. The van der Waals surface area contributed by atoms with Gasteiger partial charge in [-0.05, 0) is 26.3 Å². The molecule has 0 saturated heterocycles. The molecule has 1 rings (SSSR count). The molecule has 0 aliphatic heterocycles. The number of anilines is 2. The summed E-state index contributed by atoms with van der Waals surface area (Å²) >= 11 is 0. The Balaban J connectivity index is 3.01. The van der Waals surface area contributed by atoms with Crippen molar-refractivity contribution in [1.82, 2.24) is 0 Å². The Morgan fingerprint density at radius 1 is 1.37 bits per heavy atom. The fourth-order valence-electron chi connectivity index (χ4n) is 1.81. The van der Waals surface area contributed by atoms with Gasteiger partial charge >= 0.3 is 0 Å². The number of rotatable bonds is 7. The topological polar surface area (TPSA) is 81.6 Å². The third-order valence-corrected chi connectivity index (χ3v) is 2.67. The molecule has 0 atom stereocenters. The molecule has 5 heteroatoms. The van der Waals surface area contributed by atoms with Crippen LogP contribution in [0.2, 0.25) is 0 Å². The molecule has 106 valence electrons. The van der Waals surface area contributed by atoms with Crippen molar-refractivity contribution in [3.8, 4) is 5.75 Å². The number of nitrogens with two attached hydrogens (primary N) is 2. The van der Waals surface area contributed by atoms with Crippen LogP contribution in [0.25, 0.3) is 0 Å². The van der Waals surface area contributed by atoms with Crippen LogP contribution < -0.4 is 21.1 Å². The number of primary amides is 1. The SMILES string of the molecule is CCCOc1cc(N)cc(N(CC(N)=O)C(C)C)c1. The van der Waals surface area contributed by atoms with Crippen LogP contribution in [0, 0.1) is 0 Å². The Labute approximate surface area is 114 Å². The van der Waals surface area contributed by atoms with Crippen LogP contribution in [0.1, 0.15) is 27.2 Å². The van der Waals surface area contributed by atoms with E-state index in [4.69, 9.17) is 16.2 Å². The van der Waals surface area contributed by atoms with E-state index in [0.717, 1.165) is 12.1 Å². The molecule has 0 unspecified atom stereocenters. The van der Waals surface area contributed by atoms with Gasteiger partial charge in [0.15, 0.2) is 0 Å². The van der Waals surface area contributed by atoms with E-state index in [9.17, 15) is 4.79 Å². The molecule has 0 aliphatic carbocycles. The average Bonchev–Trinajstić information content (AvgIpc) is 2.32. The van der Waals surface area contributed by atoms with Gasteiger partial charge < -0.3 is 21.1 Å². The Bertz CT molecular complexity index is 433. The largest absolute Gasteiger partial charge is 0.493 e. The molecule has 19 heavy (non-hydrogen) atoms. The van der Waals surface area contributed by atoms with Crippen LogP contribution >= 0.6 is 0 Å². The Morgan fingerprint density at radius 3 is 2.58 bits per heavy atom. The normalized spacial score (nSPS) is 10.5. The maximum absolute atomic E-state index is 11.1. The molecule has 0 spiro atoms. The third kappa shape index (κ3) is 4.69. The summed E-state index contributed by atoms with van der Waals surface area (Å²) in [6.45, 7) is 6.84. The highest BCUT2D eigenvalue weighted by Crippen LogP contribution is 2.27.